The molecule has 0 aliphatic rings. The molecule has 0 fully saturated rings. The lowest BCUT2D eigenvalue weighted by atomic mass is 10.1. The van der Waals surface area contributed by atoms with E-state index >= 15 is 0 Å². The van der Waals surface area contributed by atoms with Crippen LogP contribution in [0.5, 0.6) is 0 Å². The Morgan fingerprint density at radius 1 is 0.202 bits per heavy atom. The van der Waals surface area contributed by atoms with Gasteiger partial charge in [0.05, 0.1) is 26.4 Å². The lowest BCUT2D eigenvalue weighted by molar-refractivity contribution is -0.121. The Morgan fingerprint density at radius 2 is 0.363 bits per heavy atom. The van der Waals surface area contributed by atoms with Crippen molar-refractivity contribution in [2.24, 2.45) is 0 Å². The van der Waals surface area contributed by atoms with E-state index in [4.69, 9.17) is 18.9 Å². The minimum atomic E-state index is -0.475. The van der Waals surface area contributed by atoms with E-state index < -0.39 is 24.4 Å². The van der Waals surface area contributed by atoms with Crippen molar-refractivity contribution in [3.05, 3.63) is 261 Å². The average molecular weight is 1710 g/mol. The van der Waals surface area contributed by atoms with Crippen molar-refractivity contribution in [3.8, 4) is 0 Å². The predicted octanol–water partition coefficient (Wildman–Crippen LogP) is 19.1. The molecule has 0 aromatic heterocycles. The smallest absolute Gasteiger partial charge is 0.411 e. The summed E-state index contributed by atoms with van der Waals surface area (Å²) in [5.74, 6) is 0.242. The molecule has 8 amide bonds. The minimum absolute atomic E-state index is 0.000101. The molecule has 8 aromatic carbocycles. The SMILES string of the molecule is CCC(=O)NCc1ccc(C(C)=O)cc1.CCC(=O)NCc1ccc(C(C)=O)cc1.CCC(=O)Nc1ccc(C(C)=O)cc1.CCC(=O)Nc1ccc(C(C)=O)cc1.CCCOC(=O)NCc1ccc(C(C)=O)cc1.CCCOC(=O)NCc1ccc(C(C)=O)cc1.CCCOC(=O)Nc1ccc(C(C)=O)cc1.CCCOC(=O)Nc1ccc(C(C)=O)cc1. The number of hydrogen-bond acceptors (Lipinski definition) is 20. The van der Waals surface area contributed by atoms with Crippen LogP contribution >= 0.6 is 0 Å². The van der Waals surface area contributed by atoms with E-state index in [-0.39, 0.29) is 69.9 Å². The molecule has 8 N–H and O–H groups in total. The summed E-state index contributed by atoms with van der Waals surface area (Å²) in [6.45, 7) is 30.6. The largest absolute Gasteiger partial charge is 0.450 e. The van der Waals surface area contributed by atoms with Crippen molar-refractivity contribution in [2.75, 3.05) is 47.7 Å². The number of Topliss-reactive ketones (excluding diaryl/α,β-unsaturated/α-hetero) is 8. The van der Waals surface area contributed by atoms with Crippen molar-refractivity contribution in [1.82, 2.24) is 21.3 Å². The van der Waals surface area contributed by atoms with Crippen LogP contribution in [-0.4, -0.2) is 121 Å². The third-order valence-corrected chi connectivity index (χ3v) is 16.6. The van der Waals surface area contributed by atoms with Gasteiger partial charge in [-0.1, -0.05) is 152 Å². The van der Waals surface area contributed by atoms with Crippen LogP contribution in [0.25, 0.3) is 0 Å². The van der Waals surface area contributed by atoms with Gasteiger partial charge in [-0.15, -0.1) is 0 Å². The molecule has 0 aliphatic heterocycles. The molecule has 28 nitrogen and oxygen atoms in total. The van der Waals surface area contributed by atoms with Gasteiger partial charge in [0.2, 0.25) is 23.6 Å². The Balaban J connectivity index is 0.000000709. The molecular formula is C96H120N8O20. The van der Waals surface area contributed by atoms with Gasteiger partial charge in [0, 0.05) is 119 Å². The molecule has 28 heteroatoms. The van der Waals surface area contributed by atoms with Crippen molar-refractivity contribution < 1.29 is 95.7 Å². The maximum atomic E-state index is 11.2. The molecule has 0 saturated carbocycles. The van der Waals surface area contributed by atoms with Gasteiger partial charge in [-0.2, -0.15) is 0 Å². The van der Waals surface area contributed by atoms with Gasteiger partial charge in [0.15, 0.2) is 46.3 Å². The number of carbonyl (C=O) groups excluding carboxylic acids is 16. The number of carbonyl (C=O) groups is 16. The van der Waals surface area contributed by atoms with Crippen molar-refractivity contribution >= 4 is 117 Å². The fourth-order valence-corrected chi connectivity index (χ4v) is 9.27. The van der Waals surface area contributed by atoms with Crippen LogP contribution in [0, 0.1) is 0 Å². The highest BCUT2D eigenvalue weighted by atomic mass is 16.6. The first-order chi connectivity index (χ1) is 59.0. The first-order valence-electron chi connectivity index (χ1n) is 40.7. The zero-order valence-electron chi connectivity index (χ0n) is 74.0. The summed E-state index contributed by atoms with van der Waals surface area (Å²) in [5, 5.41) is 21.4. The van der Waals surface area contributed by atoms with Crippen LogP contribution in [0.1, 0.15) is 267 Å². The fraction of sp³-hybridized carbons (Fsp3) is 0.333. The summed E-state index contributed by atoms with van der Waals surface area (Å²) in [7, 11) is 0. The number of ether oxygens (including phenoxy) is 4. The maximum absolute atomic E-state index is 11.2. The van der Waals surface area contributed by atoms with Gasteiger partial charge in [0.1, 0.15) is 0 Å². The topological polar surface area (TPSA) is 406 Å². The number of rotatable bonds is 32. The van der Waals surface area contributed by atoms with E-state index in [0.29, 0.717) is 134 Å². The van der Waals surface area contributed by atoms with Gasteiger partial charge in [-0.25, -0.2) is 19.2 Å². The van der Waals surface area contributed by atoms with E-state index in [1.807, 2.05) is 90.1 Å². The zero-order valence-corrected chi connectivity index (χ0v) is 74.0. The highest BCUT2D eigenvalue weighted by Crippen LogP contribution is 2.16. The van der Waals surface area contributed by atoms with Crippen molar-refractivity contribution in [2.45, 2.75) is 188 Å². The summed E-state index contributed by atoms with van der Waals surface area (Å²) >= 11 is 0. The standard InChI is InChI=1S/2C13H17NO3.2C12H15NO3.2C12H15NO2.2C11H13NO2/c2*1-3-8-17-13(16)14-9-11-4-6-12(7-5-11)10(2)15;2*1-3-8-16-12(15)13-11-6-4-10(5-7-11)9(2)14;2*1-3-12(15)13-8-10-4-6-11(7-5-10)9(2)14;2*1-3-11(14)12-10-6-4-9(5-7-10)8(2)13/h2*4-7H,3,8-9H2,1-2H3,(H,14,16);2*4-7H,3,8H2,1-2H3,(H,13,15);2*4-7H,3,8H2,1-2H3,(H,13,15);2*4-7H,3H2,1-2H3,(H,12,14). The third-order valence-electron chi connectivity index (χ3n) is 16.6. The Labute approximate surface area is 727 Å². The first kappa shape index (κ1) is 108. The number of amides is 8. The second kappa shape index (κ2) is 63.1. The van der Waals surface area contributed by atoms with Gasteiger partial charge >= 0.3 is 24.4 Å². The van der Waals surface area contributed by atoms with E-state index in [1.165, 1.54) is 55.4 Å². The summed E-state index contributed by atoms with van der Waals surface area (Å²) in [6.07, 6.45) is 3.30. The quantitative estimate of drug-likeness (QED) is 0.0143. The summed E-state index contributed by atoms with van der Waals surface area (Å²) < 4.78 is 19.5. The molecule has 0 spiro atoms. The number of hydrogen-bond donors (Lipinski definition) is 8. The molecule has 0 saturated heterocycles. The maximum Gasteiger partial charge on any atom is 0.411 e. The van der Waals surface area contributed by atoms with Gasteiger partial charge in [-0.3, -0.25) is 68.2 Å². The molecule has 8 rings (SSSR count). The summed E-state index contributed by atoms with van der Waals surface area (Å²) in [4.78, 5) is 177. The normalized spacial score (nSPS) is 9.68. The Morgan fingerprint density at radius 3 is 0.532 bits per heavy atom. The predicted molar refractivity (Wildman–Crippen MR) is 481 cm³/mol. The molecule has 8 aromatic rings. The Bertz CT molecular complexity index is 4390. The summed E-state index contributed by atoms with van der Waals surface area (Å²) in [6, 6.07) is 55.8. The van der Waals surface area contributed by atoms with Crippen LogP contribution in [-0.2, 0) is 64.3 Å². The summed E-state index contributed by atoms with van der Waals surface area (Å²) in [5.41, 5.74) is 11.8. The van der Waals surface area contributed by atoms with Gasteiger partial charge < -0.3 is 50.8 Å². The van der Waals surface area contributed by atoms with E-state index in [0.717, 1.165) is 59.3 Å². The third kappa shape index (κ3) is 49.6. The highest BCUT2D eigenvalue weighted by Gasteiger charge is 2.11. The molecule has 0 bridgehead atoms. The number of anilines is 4. The second-order valence-corrected chi connectivity index (χ2v) is 27.1. The lowest BCUT2D eigenvalue weighted by Crippen LogP contribution is -2.24. The molecule has 0 aliphatic carbocycles. The van der Waals surface area contributed by atoms with Gasteiger partial charge in [-0.05, 0) is 200 Å². The molecule has 0 atom stereocenters. The number of ketones is 8. The number of nitrogens with one attached hydrogen (secondary N) is 8. The van der Waals surface area contributed by atoms with Crippen molar-refractivity contribution in [1.29, 1.82) is 0 Å². The monoisotopic (exact) mass is 1700 g/mol. The Kier molecular flexibility index (Phi) is 55.0. The Hall–Kier alpha value is -13.9. The van der Waals surface area contributed by atoms with Crippen LogP contribution in [0.3, 0.4) is 0 Å². The van der Waals surface area contributed by atoms with Crippen LogP contribution in [0.2, 0.25) is 0 Å². The second-order valence-electron chi connectivity index (χ2n) is 27.1. The first-order valence-corrected chi connectivity index (χ1v) is 40.7. The van der Waals surface area contributed by atoms with Crippen LogP contribution in [0.4, 0.5) is 41.9 Å². The minimum Gasteiger partial charge on any atom is -0.450 e. The van der Waals surface area contributed by atoms with E-state index in [9.17, 15) is 76.7 Å². The molecule has 0 unspecified atom stereocenters. The van der Waals surface area contributed by atoms with Crippen LogP contribution in [0.15, 0.2) is 194 Å². The number of alkyl carbamates (subject to hydrolysis) is 2. The molecule has 664 valence electrons. The highest BCUT2D eigenvalue weighted by molar-refractivity contribution is 5.99. The van der Waals surface area contributed by atoms with Crippen LogP contribution < -0.4 is 42.5 Å². The fourth-order valence-electron chi connectivity index (χ4n) is 9.27. The zero-order chi connectivity index (χ0) is 92.9. The molecule has 0 radical (unpaired) electrons. The average Bonchev–Trinajstić information content (AvgIpc) is 0.912. The van der Waals surface area contributed by atoms with Gasteiger partial charge in [0.25, 0.3) is 0 Å². The molecule has 0 heterocycles. The van der Waals surface area contributed by atoms with Crippen molar-refractivity contribution in [3.63, 3.8) is 0 Å². The molecular weight excluding hydrogens is 1590 g/mol. The number of benzene rings is 8. The van der Waals surface area contributed by atoms with E-state index in [1.54, 1.807) is 159 Å². The van der Waals surface area contributed by atoms with E-state index in [2.05, 4.69) is 42.5 Å². The lowest BCUT2D eigenvalue weighted by Gasteiger charge is -2.06. The molecule has 124 heavy (non-hydrogen) atoms.